The van der Waals surface area contributed by atoms with Gasteiger partial charge >= 0.3 is 5.97 Å². The maximum atomic E-state index is 13.4. The van der Waals surface area contributed by atoms with Crippen LogP contribution in [0.2, 0.25) is 0 Å². The number of thiophene rings is 1. The van der Waals surface area contributed by atoms with E-state index in [1.165, 1.54) is 28.2 Å². The lowest BCUT2D eigenvalue weighted by molar-refractivity contribution is 0.0728. The molecule has 0 saturated carbocycles. The molecule has 2 heterocycles. The highest BCUT2D eigenvalue weighted by atomic mass is 32.1. The summed E-state index contributed by atoms with van der Waals surface area (Å²) in [6.45, 7) is 1.95. The first-order valence-corrected chi connectivity index (χ1v) is 7.66. The van der Waals surface area contributed by atoms with Gasteiger partial charge < -0.3 is 4.74 Å². The summed E-state index contributed by atoms with van der Waals surface area (Å²) in [5.41, 5.74) is 1.27. The Morgan fingerprint density at radius 2 is 2.18 bits per heavy atom. The van der Waals surface area contributed by atoms with Crippen LogP contribution in [0.5, 0.6) is 5.88 Å². The van der Waals surface area contributed by atoms with Gasteiger partial charge in [-0.3, -0.25) is 0 Å². The maximum absolute atomic E-state index is 13.4. The predicted molar refractivity (Wildman–Crippen MR) is 82.2 cm³/mol. The lowest BCUT2D eigenvalue weighted by Gasteiger charge is -2.07. The summed E-state index contributed by atoms with van der Waals surface area (Å²) in [6, 6.07) is 11.1. The van der Waals surface area contributed by atoms with Gasteiger partial charge in [0.15, 0.2) is 0 Å². The number of nitrogens with zero attached hydrogens (tertiary/aromatic N) is 2. The van der Waals surface area contributed by atoms with Crippen LogP contribution in [0, 0.1) is 5.82 Å². The number of benzene rings is 1. The molecule has 0 N–H and O–H groups in total. The fourth-order valence-electron chi connectivity index (χ4n) is 1.99. The van der Waals surface area contributed by atoms with Crippen molar-refractivity contribution in [2.24, 2.45) is 0 Å². The third-order valence-electron chi connectivity index (χ3n) is 3.06. The van der Waals surface area contributed by atoms with Gasteiger partial charge in [0, 0.05) is 6.07 Å². The number of halogens is 1. The second kappa shape index (κ2) is 6.11. The summed E-state index contributed by atoms with van der Waals surface area (Å²) in [6.07, 6.45) is 0.686. The van der Waals surface area contributed by atoms with Crippen molar-refractivity contribution in [3.8, 4) is 11.6 Å². The smallest absolute Gasteiger partial charge is 0.355 e. The standard InChI is InChI=1S/C16H13FN2O2S/c1-2-12-10-15(21-16(20)14-7-4-8-22-14)19(18-12)13-6-3-5-11(17)9-13/h3-10H,2H2,1H3. The van der Waals surface area contributed by atoms with Gasteiger partial charge in [-0.25, -0.2) is 13.9 Å². The van der Waals surface area contributed by atoms with Gasteiger partial charge in [0.1, 0.15) is 10.7 Å². The Balaban J connectivity index is 1.97. The summed E-state index contributed by atoms with van der Waals surface area (Å²) in [7, 11) is 0. The fraction of sp³-hybridized carbons (Fsp3) is 0.125. The second-order valence-corrected chi connectivity index (χ2v) is 5.53. The minimum atomic E-state index is -0.449. The van der Waals surface area contributed by atoms with Gasteiger partial charge in [0.05, 0.1) is 11.4 Å². The largest absolute Gasteiger partial charge is 0.403 e. The Bertz CT molecular complexity index is 796. The van der Waals surface area contributed by atoms with E-state index in [4.69, 9.17) is 4.74 Å². The highest BCUT2D eigenvalue weighted by Gasteiger charge is 2.16. The zero-order valence-electron chi connectivity index (χ0n) is 11.8. The first-order chi connectivity index (χ1) is 10.7. The normalized spacial score (nSPS) is 10.6. The lowest BCUT2D eigenvalue weighted by atomic mass is 10.3. The van der Waals surface area contributed by atoms with Crippen molar-refractivity contribution in [1.29, 1.82) is 0 Å². The number of aromatic nitrogens is 2. The molecule has 2 aromatic heterocycles. The number of ether oxygens (including phenoxy) is 1. The van der Waals surface area contributed by atoms with Crippen LogP contribution in [0.4, 0.5) is 4.39 Å². The van der Waals surface area contributed by atoms with Crippen LogP contribution in [-0.2, 0) is 6.42 Å². The quantitative estimate of drug-likeness (QED) is 0.687. The van der Waals surface area contributed by atoms with Gasteiger partial charge in [0.25, 0.3) is 0 Å². The average molecular weight is 316 g/mol. The first kappa shape index (κ1) is 14.5. The third kappa shape index (κ3) is 2.92. The minimum absolute atomic E-state index is 0.279. The number of carbonyl (C=O) groups is 1. The van der Waals surface area contributed by atoms with Crippen LogP contribution in [-0.4, -0.2) is 15.7 Å². The van der Waals surface area contributed by atoms with Gasteiger partial charge in [-0.1, -0.05) is 19.1 Å². The topological polar surface area (TPSA) is 44.1 Å². The van der Waals surface area contributed by atoms with Crippen molar-refractivity contribution >= 4 is 17.3 Å². The van der Waals surface area contributed by atoms with E-state index in [0.29, 0.717) is 17.0 Å². The van der Waals surface area contributed by atoms with E-state index in [9.17, 15) is 9.18 Å². The van der Waals surface area contributed by atoms with Gasteiger partial charge in [-0.15, -0.1) is 11.3 Å². The summed E-state index contributed by atoms with van der Waals surface area (Å²) in [5.74, 6) is -0.544. The molecule has 0 saturated heterocycles. The molecule has 0 fully saturated rings. The predicted octanol–water partition coefficient (Wildman–Crippen LogP) is 3.85. The third-order valence-corrected chi connectivity index (χ3v) is 3.91. The number of carbonyl (C=O) groups excluding carboxylic acids is 1. The summed E-state index contributed by atoms with van der Waals surface area (Å²) in [5, 5.41) is 6.15. The average Bonchev–Trinajstić information content (AvgIpc) is 3.16. The second-order valence-electron chi connectivity index (χ2n) is 4.59. The van der Waals surface area contributed by atoms with Gasteiger partial charge in [-0.05, 0) is 36.1 Å². The van der Waals surface area contributed by atoms with Crippen molar-refractivity contribution in [2.75, 3.05) is 0 Å². The monoisotopic (exact) mass is 316 g/mol. The van der Waals surface area contributed by atoms with E-state index in [0.717, 1.165) is 5.69 Å². The van der Waals surface area contributed by atoms with Crippen molar-refractivity contribution in [3.05, 3.63) is 64.2 Å². The lowest BCUT2D eigenvalue weighted by Crippen LogP contribution is -2.10. The van der Waals surface area contributed by atoms with E-state index in [2.05, 4.69) is 5.10 Å². The van der Waals surface area contributed by atoms with Crippen LogP contribution in [0.25, 0.3) is 5.69 Å². The molecule has 0 amide bonds. The van der Waals surface area contributed by atoms with Crippen LogP contribution < -0.4 is 4.74 Å². The van der Waals surface area contributed by atoms with Crippen molar-refractivity contribution in [1.82, 2.24) is 9.78 Å². The maximum Gasteiger partial charge on any atom is 0.355 e. The van der Waals surface area contributed by atoms with Crippen LogP contribution in [0.15, 0.2) is 47.8 Å². The van der Waals surface area contributed by atoms with E-state index < -0.39 is 5.97 Å². The molecule has 3 aromatic rings. The number of hydrogen-bond acceptors (Lipinski definition) is 4. The molecule has 0 aliphatic rings. The molecule has 6 heteroatoms. The van der Waals surface area contributed by atoms with Gasteiger partial charge in [-0.2, -0.15) is 5.10 Å². The Labute approximate surface area is 130 Å². The number of aryl methyl sites for hydroxylation is 1. The number of esters is 1. The number of rotatable bonds is 4. The number of hydrogen-bond donors (Lipinski definition) is 0. The molecule has 3 rings (SSSR count). The molecule has 0 bridgehead atoms. The molecule has 1 aromatic carbocycles. The molecule has 0 spiro atoms. The molecule has 22 heavy (non-hydrogen) atoms. The highest BCUT2D eigenvalue weighted by Crippen LogP contribution is 2.22. The summed E-state index contributed by atoms with van der Waals surface area (Å²) >= 11 is 1.30. The molecule has 112 valence electrons. The molecule has 0 radical (unpaired) electrons. The van der Waals surface area contributed by atoms with E-state index >= 15 is 0 Å². The Morgan fingerprint density at radius 1 is 1.32 bits per heavy atom. The van der Waals surface area contributed by atoms with E-state index in [1.54, 1.807) is 35.7 Å². The molecule has 0 aliphatic heterocycles. The molecule has 0 atom stereocenters. The van der Waals surface area contributed by atoms with Crippen molar-refractivity contribution in [3.63, 3.8) is 0 Å². The minimum Gasteiger partial charge on any atom is -0.403 e. The van der Waals surface area contributed by atoms with E-state index in [-0.39, 0.29) is 11.7 Å². The highest BCUT2D eigenvalue weighted by molar-refractivity contribution is 7.12. The molecule has 4 nitrogen and oxygen atoms in total. The molecular weight excluding hydrogens is 303 g/mol. The zero-order chi connectivity index (χ0) is 15.5. The zero-order valence-corrected chi connectivity index (χ0v) is 12.6. The summed E-state index contributed by atoms with van der Waals surface area (Å²) in [4.78, 5) is 12.6. The Kier molecular flexibility index (Phi) is 4.02. The van der Waals surface area contributed by atoms with Crippen LogP contribution in [0.3, 0.4) is 0 Å². The Morgan fingerprint density at radius 3 is 2.86 bits per heavy atom. The SMILES string of the molecule is CCc1cc(OC(=O)c2cccs2)n(-c2cccc(F)c2)n1. The molecular formula is C16H13FN2O2S. The Hall–Kier alpha value is -2.47. The van der Waals surface area contributed by atoms with Gasteiger partial charge in [0.2, 0.25) is 5.88 Å². The fourth-order valence-corrected chi connectivity index (χ4v) is 2.59. The first-order valence-electron chi connectivity index (χ1n) is 6.78. The van der Waals surface area contributed by atoms with E-state index in [1.807, 2.05) is 6.92 Å². The van der Waals surface area contributed by atoms with Crippen molar-refractivity contribution in [2.45, 2.75) is 13.3 Å². The molecule has 0 aliphatic carbocycles. The van der Waals surface area contributed by atoms with Crippen LogP contribution >= 0.6 is 11.3 Å². The summed E-state index contributed by atoms with van der Waals surface area (Å²) < 4.78 is 20.3. The van der Waals surface area contributed by atoms with Crippen molar-refractivity contribution < 1.29 is 13.9 Å². The van der Waals surface area contributed by atoms with Crippen LogP contribution in [0.1, 0.15) is 22.3 Å². The molecule has 0 unspecified atom stereocenters.